The number of benzene rings is 2. The van der Waals surface area contributed by atoms with Crippen molar-refractivity contribution in [2.75, 3.05) is 14.2 Å². The molecule has 0 heterocycles. The van der Waals surface area contributed by atoms with E-state index in [1.807, 2.05) is 25.1 Å². The fraction of sp³-hybridized carbons (Fsp3) is 0.222. The van der Waals surface area contributed by atoms with Crippen molar-refractivity contribution in [2.24, 2.45) is 0 Å². The van der Waals surface area contributed by atoms with Gasteiger partial charge in [-0.25, -0.2) is 0 Å². The van der Waals surface area contributed by atoms with E-state index in [-0.39, 0.29) is 11.9 Å². The third kappa shape index (κ3) is 3.80. The van der Waals surface area contributed by atoms with Crippen molar-refractivity contribution in [3.05, 3.63) is 59.2 Å². The summed E-state index contributed by atoms with van der Waals surface area (Å²) in [5.74, 6) is 1.06. The molecule has 1 atom stereocenters. The minimum absolute atomic E-state index is 0.196. The van der Waals surface area contributed by atoms with Crippen LogP contribution in [-0.4, -0.2) is 20.1 Å². The van der Waals surface area contributed by atoms with Crippen LogP contribution in [-0.2, 0) is 0 Å². The molecule has 0 aliphatic heterocycles. The number of ether oxygens (including phenoxy) is 2. The average Bonchev–Trinajstić information content (AvgIpc) is 2.60. The zero-order valence-electron chi connectivity index (χ0n) is 13.3. The van der Waals surface area contributed by atoms with E-state index in [1.54, 1.807) is 44.6 Å². The lowest BCUT2D eigenvalue weighted by atomic mass is 10.1. The Kier molecular flexibility index (Phi) is 5.21. The highest BCUT2D eigenvalue weighted by atomic mass is 16.5. The van der Waals surface area contributed by atoms with Crippen molar-refractivity contribution in [3.8, 4) is 17.6 Å². The molecule has 0 saturated carbocycles. The highest BCUT2D eigenvalue weighted by molar-refractivity contribution is 5.94. The fourth-order valence-corrected chi connectivity index (χ4v) is 2.18. The molecule has 2 aromatic rings. The molecular formula is C18H18N2O3. The smallest absolute Gasteiger partial charge is 0.251 e. The van der Waals surface area contributed by atoms with E-state index in [0.717, 1.165) is 5.56 Å². The number of hydrogen-bond acceptors (Lipinski definition) is 4. The molecule has 1 amide bonds. The van der Waals surface area contributed by atoms with Gasteiger partial charge < -0.3 is 14.8 Å². The van der Waals surface area contributed by atoms with Gasteiger partial charge in [-0.05, 0) is 48.9 Å². The summed E-state index contributed by atoms with van der Waals surface area (Å²) in [4.78, 5) is 12.3. The third-order valence-corrected chi connectivity index (χ3v) is 3.53. The minimum Gasteiger partial charge on any atom is -0.493 e. The van der Waals surface area contributed by atoms with Gasteiger partial charge in [0.15, 0.2) is 11.5 Å². The number of hydrogen-bond donors (Lipinski definition) is 1. The van der Waals surface area contributed by atoms with Crippen molar-refractivity contribution >= 4 is 5.91 Å². The molecule has 5 nitrogen and oxygen atoms in total. The number of carbonyl (C=O) groups excluding carboxylic acids is 1. The van der Waals surface area contributed by atoms with Gasteiger partial charge in [-0.3, -0.25) is 4.79 Å². The van der Waals surface area contributed by atoms with Gasteiger partial charge in [0.05, 0.1) is 31.9 Å². The largest absolute Gasteiger partial charge is 0.493 e. The van der Waals surface area contributed by atoms with E-state index >= 15 is 0 Å². The van der Waals surface area contributed by atoms with Gasteiger partial charge >= 0.3 is 0 Å². The van der Waals surface area contributed by atoms with Crippen LogP contribution in [0.25, 0.3) is 0 Å². The predicted molar refractivity (Wildman–Crippen MR) is 86.6 cm³/mol. The maximum atomic E-state index is 12.3. The quantitative estimate of drug-likeness (QED) is 0.921. The van der Waals surface area contributed by atoms with Gasteiger partial charge in [0.1, 0.15) is 0 Å². The standard InChI is InChI=1S/C18H18N2O3/c1-12(15-8-9-16(22-2)17(10-15)23-3)20-18(21)14-6-4-13(11-19)5-7-14/h4-10,12H,1-3H3,(H,20,21)/t12-/m1/s1. The molecule has 0 unspecified atom stereocenters. The number of nitrogens with zero attached hydrogens (tertiary/aromatic N) is 1. The van der Waals surface area contributed by atoms with Crippen LogP contribution >= 0.6 is 0 Å². The molecular weight excluding hydrogens is 292 g/mol. The Bertz CT molecular complexity index is 733. The van der Waals surface area contributed by atoms with Gasteiger partial charge in [-0.2, -0.15) is 5.26 Å². The van der Waals surface area contributed by atoms with E-state index in [4.69, 9.17) is 14.7 Å². The van der Waals surface area contributed by atoms with Gasteiger partial charge in [-0.15, -0.1) is 0 Å². The van der Waals surface area contributed by atoms with Crippen molar-refractivity contribution in [3.63, 3.8) is 0 Å². The second kappa shape index (κ2) is 7.32. The van der Waals surface area contributed by atoms with Gasteiger partial charge in [-0.1, -0.05) is 6.07 Å². The normalized spacial score (nSPS) is 11.2. The van der Waals surface area contributed by atoms with E-state index in [9.17, 15) is 4.79 Å². The van der Waals surface area contributed by atoms with Gasteiger partial charge in [0, 0.05) is 5.56 Å². The summed E-state index contributed by atoms with van der Waals surface area (Å²) in [7, 11) is 3.15. The minimum atomic E-state index is -0.197. The fourth-order valence-electron chi connectivity index (χ4n) is 2.18. The van der Waals surface area contributed by atoms with Gasteiger partial charge in [0.2, 0.25) is 0 Å². The molecule has 0 saturated heterocycles. The molecule has 2 aromatic carbocycles. The number of nitrogens with one attached hydrogen (secondary N) is 1. The Morgan fingerprint density at radius 2 is 1.74 bits per heavy atom. The summed E-state index contributed by atoms with van der Waals surface area (Å²) in [6, 6.07) is 13.9. The highest BCUT2D eigenvalue weighted by Gasteiger charge is 2.14. The number of rotatable bonds is 5. The summed E-state index contributed by atoms with van der Waals surface area (Å²) in [6.45, 7) is 1.89. The third-order valence-electron chi connectivity index (χ3n) is 3.53. The van der Waals surface area contributed by atoms with Crippen LogP contribution in [0.3, 0.4) is 0 Å². The molecule has 5 heteroatoms. The molecule has 2 rings (SSSR count). The molecule has 1 N–H and O–H groups in total. The van der Waals surface area contributed by atoms with Crippen molar-refractivity contribution in [1.29, 1.82) is 5.26 Å². The van der Waals surface area contributed by atoms with E-state index in [2.05, 4.69) is 5.32 Å². The Labute approximate surface area is 135 Å². The molecule has 0 aliphatic carbocycles. The highest BCUT2D eigenvalue weighted by Crippen LogP contribution is 2.29. The lowest BCUT2D eigenvalue weighted by Crippen LogP contribution is -2.26. The number of carbonyl (C=O) groups is 1. The monoisotopic (exact) mass is 310 g/mol. The summed E-state index contributed by atoms with van der Waals surface area (Å²) < 4.78 is 10.5. The zero-order valence-corrected chi connectivity index (χ0v) is 13.3. The summed E-state index contributed by atoms with van der Waals surface area (Å²) in [5.41, 5.74) is 1.94. The average molecular weight is 310 g/mol. The molecule has 0 radical (unpaired) electrons. The van der Waals surface area contributed by atoms with Crippen molar-refractivity contribution < 1.29 is 14.3 Å². The van der Waals surface area contributed by atoms with Crippen LogP contribution < -0.4 is 14.8 Å². The van der Waals surface area contributed by atoms with Crippen LogP contribution in [0.1, 0.15) is 34.5 Å². The predicted octanol–water partition coefficient (Wildman–Crippen LogP) is 3.07. The molecule has 0 bridgehead atoms. The Balaban J connectivity index is 2.13. The summed E-state index contributed by atoms with van der Waals surface area (Å²) >= 11 is 0. The maximum Gasteiger partial charge on any atom is 0.251 e. The zero-order chi connectivity index (χ0) is 16.8. The Hall–Kier alpha value is -3.00. The van der Waals surface area contributed by atoms with E-state index in [0.29, 0.717) is 22.6 Å². The first-order valence-corrected chi connectivity index (χ1v) is 7.12. The van der Waals surface area contributed by atoms with Crippen LogP contribution in [0.2, 0.25) is 0 Å². The molecule has 118 valence electrons. The molecule has 0 fully saturated rings. The molecule has 0 spiro atoms. The first-order chi connectivity index (χ1) is 11.1. The van der Waals surface area contributed by atoms with Gasteiger partial charge in [0.25, 0.3) is 5.91 Å². The lowest BCUT2D eigenvalue weighted by molar-refractivity contribution is 0.0940. The summed E-state index contributed by atoms with van der Waals surface area (Å²) in [5, 5.41) is 11.7. The Morgan fingerprint density at radius 1 is 1.09 bits per heavy atom. The lowest BCUT2D eigenvalue weighted by Gasteiger charge is -2.16. The second-order valence-electron chi connectivity index (χ2n) is 5.00. The van der Waals surface area contributed by atoms with E-state index < -0.39 is 0 Å². The first kappa shape index (κ1) is 16.4. The van der Waals surface area contributed by atoms with Crippen molar-refractivity contribution in [1.82, 2.24) is 5.32 Å². The topological polar surface area (TPSA) is 71.3 Å². The summed E-state index contributed by atoms with van der Waals surface area (Å²) in [6.07, 6.45) is 0. The number of methoxy groups -OCH3 is 2. The van der Waals surface area contributed by atoms with E-state index in [1.165, 1.54) is 0 Å². The second-order valence-corrected chi connectivity index (χ2v) is 5.00. The van der Waals surface area contributed by atoms with Crippen LogP contribution in [0.5, 0.6) is 11.5 Å². The first-order valence-electron chi connectivity index (χ1n) is 7.12. The number of nitriles is 1. The molecule has 0 aromatic heterocycles. The SMILES string of the molecule is COc1ccc([C@@H](C)NC(=O)c2ccc(C#N)cc2)cc1OC. The Morgan fingerprint density at radius 3 is 2.30 bits per heavy atom. The van der Waals surface area contributed by atoms with Crippen LogP contribution in [0.4, 0.5) is 0 Å². The van der Waals surface area contributed by atoms with Crippen molar-refractivity contribution in [2.45, 2.75) is 13.0 Å². The molecule has 23 heavy (non-hydrogen) atoms. The maximum absolute atomic E-state index is 12.3. The molecule has 0 aliphatic rings. The van der Waals surface area contributed by atoms with Crippen LogP contribution in [0.15, 0.2) is 42.5 Å². The van der Waals surface area contributed by atoms with Crippen LogP contribution in [0, 0.1) is 11.3 Å². The number of amides is 1.